The molecule has 0 unspecified atom stereocenters. The number of benzene rings is 2. The lowest BCUT2D eigenvalue weighted by Gasteiger charge is -2.12. The topological polar surface area (TPSA) is 90.7 Å². The molecule has 0 bridgehead atoms. The SMILES string of the molecule is CCCOc1ccc(NC(=O)COc2cccc(C)c2C)c([N+](=O)[O-])c1. The molecule has 7 nitrogen and oxygen atoms in total. The van der Waals surface area contributed by atoms with Gasteiger partial charge in [0.15, 0.2) is 6.61 Å². The zero-order valence-electron chi connectivity index (χ0n) is 15.1. The van der Waals surface area contributed by atoms with Gasteiger partial charge in [-0.3, -0.25) is 14.9 Å². The lowest BCUT2D eigenvalue weighted by atomic mass is 10.1. The van der Waals surface area contributed by atoms with Crippen LogP contribution in [0.4, 0.5) is 11.4 Å². The first-order valence-corrected chi connectivity index (χ1v) is 8.32. The van der Waals surface area contributed by atoms with E-state index < -0.39 is 10.8 Å². The van der Waals surface area contributed by atoms with E-state index in [4.69, 9.17) is 9.47 Å². The molecule has 0 atom stereocenters. The van der Waals surface area contributed by atoms with E-state index in [2.05, 4.69) is 5.32 Å². The van der Waals surface area contributed by atoms with Crippen LogP contribution in [-0.4, -0.2) is 24.0 Å². The van der Waals surface area contributed by atoms with Crippen molar-refractivity contribution >= 4 is 17.3 Å². The number of nitro groups is 1. The number of carbonyl (C=O) groups excluding carboxylic acids is 1. The van der Waals surface area contributed by atoms with Gasteiger partial charge in [0, 0.05) is 0 Å². The summed E-state index contributed by atoms with van der Waals surface area (Å²) in [4.78, 5) is 22.8. The Balaban J connectivity index is 2.05. The van der Waals surface area contributed by atoms with Crippen LogP contribution in [0.25, 0.3) is 0 Å². The quantitative estimate of drug-likeness (QED) is 0.568. The van der Waals surface area contributed by atoms with Gasteiger partial charge in [-0.25, -0.2) is 0 Å². The number of aryl methyl sites for hydroxylation is 1. The molecule has 0 aromatic heterocycles. The minimum absolute atomic E-state index is 0.105. The Labute approximate surface area is 152 Å². The summed E-state index contributed by atoms with van der Waals surface area (Å²) >= 11 is 0. The molecule has 7 heteroatoms. The van der Waals surface area contributed by atoms with Crippen LogP contribution in [0.15, 0.2) is 36.4 Å². The van der Waals surface area contributed by atoms with Crippen LogP contribution in [0, 0.1) is 24.0 Å². The summed E-state index contributed by atoms with van der Waals surface area (Å²) in [6.45, 7) is 6.03. The highest BCUT2D eigenvalue weighted by molar-refractivity contribution is 5.94. The van der Waals surface area contributed by atoms with Gasteiger partial charge in [-0.05, 0) is 49.6 Å². The van der Waals surface area contributed by atoms with Crippen molar-refractivity contribution in [1.82, 2.24) is 0 Å². The lowest BCUT2D eigenvalue weighted by molar-refractivity contribution is -0.384. The molecule has 0 saturated carbocycles. The van der Waals surface area contributed by atoms with Crippen molar-refractivity contribution in [3.05, 3.63) is 57.6 Å². The Morgan fingerprint density at radius 3 is 2.65 bits per heavy atom. The molecule has 2 rings (SSSR count). The summed E-state index contributed by atoms with van der Waals surface area (Å²) in [5.41, 5.74) is 1.89. The van der Waals surface area contributed by atoms with E-state index in [1.807, 2.05) is 32.9 Å². The van der Waals surface area contributed by atoms with Crippen molar-refractivity contribution in [3.63, 3.8) is 0 Å². The maximum absolute atomic E-state index is 12.1. The Kier molecular flexibility index (Phi) is 6.54. The zero-order valence-corrected chi connectivity index (χ0v) is 15.1. The zero-order chi connectivity index (χ0) is 19.1. The van der Waals surface area contributed by atoms with Crippen molar-refractivity contribution < 1.29 is 19.2 Å². The van der Waals surface area contributed by atoms with E-state index in [1.165, 1.54) is 12.1 Å². The number of rotatable bonds is 8. The van der Waals surface area contributed by atoms with Crippen molar-refractivity contribution in [1.29, 1.82) is 0 Å². The van der Waals surface area contributed by atoms with Crippen LogP contribution in [-0.2, 0) is 4.79 Å². The molecule has 2 aromatic rings. The van der Waals surface area contributed by atoms with Crippen molar-refractivity contribution in [2.75, 3.05) is 18.5 Å². The third-order valence-electron chi connectivity index (χ3n) is 3.83. The number of nitro benzene ring substituents is 1. The second kappa shape index (κ2) is 8.84. The second-order valence-electron chi connectivity index (χ2n) is 5.82. The highest BCUT2D eigenvalue weighted by atomic mass is 16.6. The van der Waals surface area contributed by atoms with E-state index in [0.717, 1.165) is 17.5 Å². The number of hydrogen-bond acceptors (Lipinski definition) is 5. The Morgan fingerprint density at radius 1 is 1.19 bits per heavy atom. The molecule has 26 heavy (non-hydrogen) atoms. The van der Waals surface area contributed by atoms with Gasteiger partial charge < -0.3 is 14.8 Å². The average Bonchev–Trinajstić information content (AvgIpc) is 2.62. The molecule has 0 heterocycles. The third kappa shape index (κ3) is 4.95. The van der Waals surface area contributed by atoms with Gasteiger partial charge >= 0.3 is 0 Å². The fourth-order valence-electron chi connectivity index (χ4n) is 2.29. The van der Waals surface area contributed by atoms with E-state index in [1.54, 1.807) is 12.1 Å². The fourth-order valence-corrected chi connectivity index (χ4v) is 2.29. The standard InChI is InChI=1S/C19H22N2O5/c1-4-10-25-15-8-9-16(17(11-15)21(23)24)20-19(22)12-26-18-7-5-6-13(2)14(18)3/h5-9,11H,4,10,12H2,1-3H3,(H,20,22). The summed E-state index contributed by atoms with van der Waals surface area (Å²) in [7, 11) is 0. The maximum Gasteiger partial charge on any atom is 0.296 e. The average molecular weight is 358 g/mol. The van der Waals surface area contributed by atoms with Gasteiger partial charge in [0.2, 0.25) is 0 Å². The number of nitrogens with zero attached hydrogens (tertiary/aromatic N) is 1. The molecule has 1 amide bonds. The molecule has 0 aliphatic rings. The maximum atomic E-state index is 12.1. The minimum Gasteiger partial charge on any atom is -0.493 e. The number of amides is 1. The van der Waals surface area contributed by atoms with Crippen LogP contribution in [0.3, 0.4) is 0 Å². The van der Waals surface area contributed by atoms with Gasteiger partial charge in [0.05, 0.1) is 17.6 Å². The molecule has 0 radical (unpaired) electrons. The highest BCUT2D eigenvalue weighted by Gasteiger charge is 2.18. The lowest BCUT2D eigenvalue weighted by Crippen LogP contribution is -2.21. The smallest absolute Gasteiger partial charge is 0.296 e. The first-order chi connectivity index (χ1) is 12.4. The molecule has 0 spiro atoms. The van der Waals surface area contributed by atoms with E-state index >= 15 is 0 Å². The number of hydrogen-bond donors (Lipinski definition) is 1. The van der Waals surface area contributed by atoms with Crippen LogP contribution >= 0.6 is 0 Å². The summed E-state index contributed by atoms with van der Waals surface area (Å²) in [5, 5.41) is 13.8. The van der Waals surface area contributed by atoms with Crippen molar-refractivity contribution in [3.8, 4) is 11.5 Å². The minimum atomic E-state index is -0.556. The predicted octanol–water partition coefficient (Wildman–Crippen LogP) is 4.02. The summed E-state index contributed by atoms with van der Waals surface area (Å²) in [5.74, 6) is 0.525. The third-order valence-corrected chi connectivity index (χ3v) is 3.83. The Hall–Kier alpha value is -3.09. The van der Waals surface area contributed by atoms with Gasteiger partial charge in [-0.15, -0.1) is 0 Å². The van der Waals surface area contributed by atoms with E-state index in [9.17, 15) is 14.9 Å². The highest BCUT2D eigenvalue weighted by Crippen LogP contribution is 2.29. The molecular weight excluding hydrogens is 336 g/mol. The van der Waals surface area contributed by atoms with Gasteiger partial charge in [0.25, 0.3) is 11.6 Å². The summed E-state index contributed by atoms with van der Waals surface area (Å²) in [6, 6.07) is 9.92. The second-order valence-corrected chi connectivity index (χ2v) is 5.82. The monoisotopic (exact) mass is 358 g/mol. The summed E-state index contributed by atoms with van der Waals surface area (Å²) < 4.78 is 10.9. The predicted molar refractivity (Wildman–Crippen MR) is 98.9 cm³/mol. The van der Waals surface area contributed by atoms with Crippen molar-refractivity contribution in [2.45, 2.75) is 27.2 Å². The number of ether oxygens (including phenoxy) is 2. The normalized spacial score (nSPS) is 10.3. The first kappa shape index (κ1) is 19.2. The molecular formula is C19H22N2O5. The molecule has 138 valence electrons. The largest absolute Gasteiger partial charge is 0.493 e. The fraction of sp³-hybridized carbons (Fsp3) is 0.316. The number of anilines is 1. The molecule has 0 aliphatic carbocycles. The van der Waals surface area contributed by atoms with E-state index in [-0.39, 0.29) is 18.0 Å². The van der Waals surface area contributed by atoms with Gasteiger partial charge in [-0.1, -0.05) is 19.1 Å². The molecule has 0 saturated heterocycles. The first-order valence-electron chi connectivity index (χ1n) is 8.32. The van der Waals surface area contributed by atoms with Crippen LogP contribution in [0.5, 0.6) is 11.5 Å². The summed E-state index contributed by atoms with van der Waals surface area (Å²) in [6.07, 6.45) is 0.794. The van der Waals surface area contributed by atoms with Gasteiger partial charge in [-0.2, -0.15) is 0 Å². The molecule has 1 N–H and O–H groups in total. The van der Waals surface area contributed by atoms with E-state index in [0.29, 0.717) is 18.1 Å². The van der Waals surface area contributed by atoms with Crippen molar-refractivity contribution in [2.24, 2.45) is 0 Å². The molecule has 0 fully saturated rings. The van der Waals surface area contributed by atoms with Crippen LogP contribution in [0.2, 0.25) is 0 Å². The van der Waals surface area contributed by atoms with Crippen LogP contribution < -0.4 is 14.8 Å². The molecule has 0 aliphatic heterocycles. The molecule has 2 aromatic carbocycles. The Bertz CT molecular complexity index is 805. The number of carbonyl (C=O) groups is 1. The number of nitrogens with one attached hydrogen (secondary N) is 1. The van der Waals surface area contributed by atoms with Crippen LogP contribution in [0.1, 0.15) is 24.5 Å². The Morgan fingerprint density at radius 2 is 1.96 bits per heavy atom. The van der Waals surface area contributed by atoms with Gasteiger partial charge in [0.1, 0.15) is 17.2 Å².